The second-order valence-electron chi connectivity index (χ2n) is 5.32. The second-order valence-corrected chi connectivity index (χ2v) is 5.73. The number of nitrogens with one attached hydrogen (secondary N) is 2. The first kappa shape index (κ1) is 18.6. The van der Waals surface area contributed by atoms with Crippen molar-refractivity contribution >= 4 is 40.5 Å². The van der Waals surface area contributed by atoms with Gasteiger partial charge in [-0.3, -0.25) is 9.59 Å². The lowest BCUT2D eigenvalue weighted by atomic mass is 10.1. The molecule has 2 amide bonds. The summed E-state index contributed by atoms with van der Waals surface area (Å²) in [5.41, 5.74) is 2.15. The lowest BCUT2D eigenvalue weighted by molar-refractivity contribution is -0.119. The standard InChI is InChI=1S/C19H21N3O2S/c1-3-17(23)21-19(25)20-15-12-10-14(11-13-15)18(24)22(4-2)16-8-6-5-7-9-16/h5-13H,3-4H2,1-2H3,(H2,20,21,23,25). The van der Waals surface area contributed by atoms with Crippen molar-refractivity contribution in [2.75, 3.05) is 16.8 Å². The van der Waals surface area contributed by atoms with E-state index in [-0.39, 0.29) is 16.9 Å². The van der Waals surface area contributed by atoms with Crippen LogP contribution in [0.2, 0.25) is 0 Å². The van der Waals surface area contributed by atoms with Gasteiger partial charge in [-0.2, -0.15) is 0 Å². The van der Waals surface area contributed by atoms with Crippen molar-refractivity contribution in [3.05, 3.63) is 60.2 Å². The van der Waals surface area contributed by atoms with Gasteiger partial charge in [0.1, 0.15) is 0 Å². The van der Waals surface area contributed by atoms with Crippen LogP contribution in [-0.4, -0.2) is 23.5 Å². The Bertz CT molecular complexity index is 745. The largest absolute Gasteiger partial charge is 0.332 e. The molecule has 0 fully saturated rings. The zero-order valence-corrected chi connectivity index (χ0v) is 15.1. The first-order valence-corrected chi connectivity index (χ1v) is 8.53. The number of rotatable bonds is 5. The van der Waals surface area contributed by atoms with Crippen molar-refractivity contribution in [2.24, 2.45) is 0 Å². The summed E-state index contributed by atoms with van der Waals surface area (Å²) in [4.78, 5) is 25.7. The predicted octanol–water partition coefficient (Wildman–Crippen LogP) is 3.58. The Hall–Kier alpha value is -2.73. The van der Waals surface area contributed by atoms with E-state index in [0.717, 1.165) is 5.69 Å². The third-order valence-corrected chi connectivity index (χ3v) is 3.80. The van der Waals surface area contributed by atoms with Gasteiger partial charge in [-0.1, -0.05) is 25.1 Å². The van der Waals surface area contributed by atoms with Crippen LogP contribution in [0.25, 0.3) is 0 Å². The summed E-state index contributed by atoms with van der Waals surface area (Å²) >= 11 is 5.07. The maximum atomic E-state index is 12.7. The zero-order valence-electron chi connectivity index (χ0n) is 14.3. The summed E-state index contributed by atoms with van der Waals surface area (Å²) in [7, 11) is 0. The van der Waals surface area contributed by atoms with Crippen LogP contribution < -0.4 is 15.5 Å². The Morgan fingerprint density at radius 3 is 2.20 bits per heavy atom. The van der Waals surface area contributed by atoms with E-state index in [1.807, 2.05) is 37.3 Å². The summed E-state index contributed by atoms with van der Waals surface area (Å²) in [6, 6.07) is 16.5. The Balaban J connectivity index is 2.07. The number of thiocarbonyl (C=S) groups is 1. The molecule has 0 aliphatic rings. The Morgan fingerprint density at radius 1 is 1.00 bits per heavy atom. The van der Waals surface area contributed by atoms with Crippen LogP contribution in [0.3, 0.4) is 0 Å². The van der Waals surface area contributed by atoms with Crippen molar-refractivity contribution in [1.29, 1.82) is 0 Å². The summed E-state index contributed by atoms with van der Waals surface area (Å²) in [6.45, 7) is 4.27. The Kier molecular flexibility index (Phi) is 6.65. The number of hydrogen-bond acceptors (Lipinski definition) is 3. The molecular weight excluding hydrogens is 334 g/mol. The number of amides is 2. The van der Waals surface area contributed by atoms with Gasteiger partial charge >= 0.3 is 0 Å². The van der Waals surface area contributed by atoms with E-state index in [1.54, 1.807) is 36.1 Å². The summed E-state index contributed by atoms with van der Waals surface area (Å²) in [6.07, 6.45) is 0.363. The number of carbonyl (C=O) groups is 2. The second kappa shape index (κ2) is 8.94. The molecule has 0 spiro atoms. The van der Waals surface area contributed by atoms with E-state index in [9.17, 15) is 9.59 Å². The quantitative estimate of drug-likeness (QED) is 0.805. The molecule has 0 aliphatic carbocycles. The van der Waals surface area contributed by atoms with Crippen molar-refractivity contribution in [3.8, 4) is 0 Å². The fourth-order valence-corrected chi connectivity index (χ4v) is 2.51. The monoisotopic (exact) mass is 355 g/mol. The van der Waals surface area contributed by atoms with Gasteiger partial charge in [-0.05, 0) is 55.5 Å². The topological polar surface area (TPSA) is 61.4 Å². The number of benzene rings is 2. The van der Waals surface area contributed by atoms with Crippen LogP contribution in [0, 0.1) is 0 Å². The molecule has 2 rings (SSSR count). The molecule has 2 aromatic rings. The molecule has 0 aliphatic heterocycles. The van der Waals surface area contributed by atoms with Gasteiger partial charge in [0, 0.05) is 29.9 Å². The zero-order chi connectivity index (χ0) is 18.2. The molecule has 2 aromatic carbocycles. The van der Waals surface area contributed by atoms with Crippen LogP contribution in [0.5, 0.6) is 0 Å². The van der Waals surface area contributed by atoms with Gasteiger partial charge in [-0.25, -0.2) is 0 Å². The van der Waals surface area contributed by atoms with E-state index >= 15 is 0 Å². The summed E-state index contributed by atoms with van der Waals surface area (Å²) < 4.78 is 0. The van der Waals surface area contributed by atoms with E-state index in [4.69, 9.17) is 12.2 Å². The number of hydrogen-bond donors (Lipinski definition) is 2. The fraction of sp³-hybridized carbons (Fsp3) is 0.211. The lowest BCUT2D eigenvalue weighted by Crippen LogP contribution is -2.33. The summed E-state index contributed by atoms with van der Waals surface area (Å²) in [5.74, 6) is -0.215. The molecule has 130 valence electrons. The highest BCUT2D eigenvalue weighted by Crippen LogP contribution is 2.18. The molecule has 0 bridgehead atoms. The first-order chi connectivity index (χ1) is 12.0. The number of nitrogens with zero attached hydrogens (tertiary/aromatic N) is 1. The van der Waals surface area contributed by atoms with Gasteiger partial charge in [0.05, 0.1) is 0 Å². The summed E-state index contributed by atoms with van der Waals surface area (Å²) in [5, 5.41) is 5.73. The van der Waals surface area contributed by atoms with E-state index < -0.39 is 0 Å². The molecule has 0 aromatic heterocycles. The maximum Gasteiger partial charge on any atom is 0.258 e. The van der Waals surface area contributed by atoms with Crippen LogP contribution in [0.4, 0.5) is 11.4 Å². The molecule has 25 heavy (non-hydrogen) atoms. The first-order valence-electron chi connectivity index (χ1n) is 8.13. The Morgan fingerprint density at radius 2 is 1.64 bits per heavy atom. The third-order valence-electron chi connectivity index (χ3n) is 3.59. The van der Waals surface area contributed by atoms with Crippen molar-refractivity contribution < 1.29 is 9.59 Å². The van der Waals surface area contributed by atoms with Crippen LogP contribution in [0.1, 0.15) is 30.6 Å². The fourth-order valence-electron chi connectivity index (χ4n) is 2.28. The third kappa shape index (κ3) is 5.12. The van der Waals surface area contributed by atoms with E-state index in [1.165, 1.54) is 0 Å². The van der Waals surface area contributed by atoms with Gasteiger partial charge < -0.3 is 15.5 Å². The highest BCUT2D eigenvalue weighted by atomic mass is 32.1. The molecule has 0 heterocycles. The van der Waals surface area contributed by atoms with Crippen LogP contribution >= 0.6 is 12.2 Å². The molecule has 0 radical (unpaired) electrons. The molecule has 0 saturated heterocycles. The van der Waals surface area contributed by atoms with E-state index in [2.05, 4.69) is 10.6 Å². The smallest absolute Gasteiger partial charge is 0.258 e. The minimum Gasteiger partial charge on any atom is -0.332 e. The minimum atomic E-state index is -0.147. The molecule has 5 nitrogen and oxygen atoms in total. The highest BCUT2D eigenvalue weighted by molar-refractivity contribution is 7.80. The maximum absolute atomic E-state index is 12.7. The van der Waals surface area contributed by atoms with Crippen molar-refractivity contribution in [3.63, 3.8) is 0 Å². The number of anilines is 2. The highest BCUT2D eigenvalue weighted by Gasteiger charge is 2.15. The molecule has 2 N–H and O–H groups in total. The van der Waals surface area contributed by atoms with Crippen LogP contribution in [-0.2, 0) is 4.79 Å². The van der Waals surface area contributed by atoms with Gasteiger partial charge in [0.2, 0.25) is 5.91 Å². The van der Waals surface area contributed by atoms with Gasteiger partial charge in [-0.15, -0.1) is 0 Å². The molecule has 6 heteroatoms. The van der Waals surface area contributed by atoms with Crippen molar-refractivity contribution in [1.82, 2.24) is 5.32 Å². The molecule has 0 saturated carbocycles. The number of carbonyl (C=O) groups excluding carboxylic acids is 2. The normalized spacial score (nSPS) is 10.0. The van der Waals surface area contributed by atoms with E-state index in [0.29, 0.717) is 24.2 Å². The molecular formula is C19H21N3O2S. The van der Waals surface area contributed by atoms with Crippen molar-refractivity contribution in [2.45, 2.75) is 20.3 Å². The number of para-hydroxylation sites is 1. The van der Waals surface area contributed by atoms with Gasteiger partial charge in [0.15, 0.2) is 5.11 Å². The lowest BCUT2D eigenvalue weighted by Gasteiger charge is -2.21. The minimum absolute atomic E-state index is 0.0675. The predicted molar refractivity (Wildman–Crippen MR) is 105 cm³/mol. The molecule has 0 unspecified atom stereocenters. The average molecular weight is 355 g/mol. The average Bonchev–Trinajstić information content (AvgIpc) is 2.63. The van der Waals surface area contributed by atoms with Crippen LogP contribution in [0.15, 0.2) is 54.6 Å². The molecule has 0 atom stereocenters. The van der Waals surface area contributed by atoms with Gasteiger partial charge in [0.25, 0.3) is 5.91 Å². The Labute approximate surface area is 153 Å². The SMILES string of the molecule is CCC(=O)NC(=S)Nc1ccc(C(=O)N(CC)c2ccccc2)cc1.